The molecule has 4 heteroatoms. The Morgan fingerprint density at radius 3 is 2.50 bits per heavy atom. The van der Waals surface area contributed by atoms with E-state index < -0.39 is 0 Å². The number of aromatic nitrogens is 2. The smallest absolute Gasteiger partial charge is 0.223 e. The summed E-state index contributed by atoms with van der Waals surface area (Å²) in [7, 11) is 0. The average molecular weight is 365 g/mol. The summed E-state index contributed by atoms with van der Waals surface area (Å²) in [6, 6.07) is 16.5. The highest BCUT2D eigenvalue weighted by atomic mass is 32.2. The van der Waals surface area contributed by atoms with Crippen LogP contribution >= 0.6 is 11.8 Å². The third kappa shape index (κ3) is 4.85. The van der Waals surface area contributed by atoms with E-state index in [-0.39, 0.29) is 0 Å². The maximum Gasteiger partial charge on any atom is 0.223 e. The standard InChI is InChI=1S/C22H24N2OS/c1-5-19-13-21(25-20-10-9-16(3)17(4)12-20)24-22(23-19)26-14-18-8-6-7-15(2)11-18/h6-13H,5,14H2,1-4H3. The van der Waals surface area contributed by atoms with Crippen LogP contribution in [0.25, 0.3) is 0 Å². The van der Waals surface area contributed by atoms with Gasteiger partial charge < -0.3 is 4.74 Å². The molecule has 0 fully saturated rings. The van der Waals surface area contributed by atoms with E-state index in [4.69, 9.17) is 4.74 Å². The van der Waals surface area contributed by atoms with Crippen LogP contribution in [0.3, 0.4) is 0 Å². The van der Waals surface area contributed by atoms with Crippen LogP contribution in [0.15, 0.2) is 53.7 Å². The van der Waals surface area contributed by atoms with Crippen LogP contribution in [0.1, 0.15) is 34.9 Å². The second-order valence-electron chi connectivity index (χ2n) is 6.46. The first-order valence-corrected chi connectivity index (χ1v) is 9.83. The first-order valence-electron chi connectivity index (χ1n) is 8.85. The normalized spacial score (nSPS) is 10.8. The summed E-state index contributed by atoms with van der Waals surface area (Å²) in [4.78, 5) is 9.23. The molecule has 1 heterocycles. The Morgan fingerprint density at radius 2 is 1.77 bits per heavy atom. The number of ether oxygens (including phenoxy) is 1. The molecule has 0 saturated heterocycles. The summed E-state index contributed by atoms with van der Waals surface area (Å²) < 4.78 is 6.00. The molecule has 26 heavy (non-hydrogen) atoms. The lowest BCUT2D eigenvalue weighted by atomic mass is 10.1. The van der Waals surface area contributed by atoms with Crippen molar-refractivity contribution < 1.29 is 4.74 Å². The molecule has 0 atom stereocenters. The van der Waals surface area contributed by atoms with Crippen molar-refractivity contribution in [2.45, 2.75) is 45.0 Å². The van der Waals surface area contributed by atoms with Gasteiger partial charge in [-0.15, -0.1) is 0 Å². The van der Waals surface area contributed by atoms with Crippen LogP contribution in [-0.4, -0.2) is 9.97 Å². The average Bonchev–Trinajstić information content (AvgIpc) is 2.63. The Labute approximate surface area is 159 Å². The zero-order chi connectivity index (χ0) is 18.5. The third-order valence-corrected chi connectivity index (χ3v) is 5.17. The van der Waals surface area contributed by atoms with E-state index in [0.717, 1.165) is 28.8 Å². The number of thioether (sulfide) groups is 1. The van der Waals surface area contributed by atoms with Gasteiger partial charge in [0.1, 0.15) is 5.75 Å². The monoisotopic (exact) mass is 364 g/mol. The van der Waals surface area contributed by atoms with E-state index in [1.807, 2.05) is 18.2 Å². The number of hydrogen-bond acceptors (Lipinski definition) is 4. The van der Waals surface area contributed by atoms with Crippen molar-refractivity contribution >= 4 is 11.8 Å². The summed E-state index contributed by atoms with van der Waals surface area (Å²) in [5, 5.41) is 0.754. The van der Waals surface area contributed by atoms with Crippen LogP contribution < -0.4 is 4.74 Å². The molecule has 0 aliphatic rings. The molecule has 0 aliphatic carbocycles. The van der Waals surface area contributed by atoms with Gasteiger partial charge in [0.25, 0.3) is 0 Å². The topological polar surface area (TPSA) is 35.0 Å². The van der Waals surface area contributed by atoms with Crippen molar-refractivity contribution in [3.8, 4) is 11.6 Å². The van der Waals surface area contributed by atoms with Crippen molar-refractivity contribution in [1.29, 1.82) is 0 Å². The molecule has 0 spiro atoms. The Bertz CT molecular complexity index is 908. The van der Waals surface area contributed by atoms with Crippen LogP contribution in [0, 0.1) is 20.8 Å². The minimum atomic E-state index is 0.604. The van der Waals surface area contributed by atoms with Crippen LogP contribution in [0.5, 0.6) is 11.6 Å². The van der Waals surface area contributed by atoms with Gasteiger partial charge in [0.05, 0.1) is 0 Å². The fourth-order valence-electron chi connectivity index (χ4n) is 2.60. The second-order valence-corrected chi connectivity index (χ2v) is 7.40. The van der Waals surface area contributed by atoms with Gasteiger partial charge in [0.15, 0.2) is 5.16 Å². The van der Waals surface area contributed by atoms with Gasteiger partial charge in [0, 0.05) is 17.5 Å². The zero-order valence-electron chi connectivity index (χ0n) is 15.7. The SMILES string of the molecule is CCc1cc(Oc2ccc(C)c(C)c2)nc(SCc2cccc(C)c2)n1. The number of rotatable bonds is 6. The van der Waals surface area contributed by atoms with Crippen LogP contribution in [0.4, 0.5) is 0 Å². The highest BCUT2D eigenvalue weighted by Gasteiger charge is 2.08. The van der Waals surface area contributed by atoms with Crippen molar-refractivity contribution in [3.05, 3.63) is 76.5 Å². The van der Waals surface area contributed by atoms with E-state index in [9.17, 15) is 0 Å². The van der Waals surface area contributed by atoms with E-state index in [1.165, 1.54) is 22.3 Å². The fraction of sp³-hybridized carbons (Fsp3) is 0.273. The number of nitrogens with zero attached hydrogens (tertiary/aromatic N) is 2. The predicted octanol–water partition coefficient (Wildman–Crippen LogP) is 6.05. The molecule has 0 radical (unpaired) electrons. The van der Waals surface area contributed by atoms with Crippen molar-refractivity contribution in [2.75, 3.05) is 0 Å². The van der Waals surface area contributed by atoms with E-state index >= 15 is 0 Å². The van der Waals surface area contributed by atoms with E-state index in [2.05, 4.69) is 68.0 Å². The predicted molar refractivity (Wildman–Crippen MR) is 108 cm³/mol. The third-order valence-electron chi connectivity index (χ3n) is 4.25. The van der Waals surface area contributed by atoms with Gasteiger partial charge in [-0.3, -0.25) is 0 Å². The molecule has 1 aromatic heterocycles. The minimum Gasteiger partial charge on any atom is -0.439 e. The first-order chi connectivity index (χ1) is 12.5. The molecule has 0 unspecified atom stereocenters. The number of benzene rings is 2. The maximum absolute atomic E-state index is 6.00. The molecule has 0 saturated carbocycles. The molecule has 0 amide bonds. The summed E-state index contributed by atoms with van der Waals surface area (Å²) in [6.07, 6.45) is 0.851. The zero-order valence-corrected chi connectivity index (χ0v) is 16.6. The van der Waals surface area contributed by atoms with E-state index in [1.54, 1.807) is 11.8 Å². The fourth-order valence-corrected chi connectivity index (χ4v) is 3.41. The van der Waals surface area contributed by atoms with Crippen molar-refractivity contribution in [1.82, 2.24) is 9.97 Å². The highest BCUT2D eigenvalue weighted by Crippen LogP contribution is 2.26. The lowest BCUT2D eigenvalue weighted by Crippen LogP contribution is -1.98. The molecule has 3 nitrogen and oxygen atoms in total. The Hall–Kier alpha value is -2.33. The number of aryl methyl sites for hydroxylation is 4. The lowest BCUT2D eigenvalue weighted by molar-refractivity contribution is 0.453. The van der Waals surface area contributed by atoms with E-state index in [0.29, 0.717) is 5.88 Å². The molecule has 0 aliphatic heterocycles. The summed E-state index contributed by atoms with van der Waals surface area (Å²) in [6.45, 7) is 8.39. The van der Waals surface area contributed by atoms with Gasteiger partial charge in [-0.25, -0.2) is 4.98 Å². The molecule has 0 bridgehead atoms. The molecule has 134 valence electrons. The van der Waals surface area contributed by atoms with Crippen LogP contribution in [-0.2, 0) is 12.2 Å². The molecule has 2 aromatic carbocycles. The number of hydrogen-bond donors (Lipinski definition) is 0. The molecular weight excluding hydrogens is 340 g/mol. The summed E-state index contributed by atoms with van der Waals surface area (Å²) >= 11 is 1.64. The van der Waals surface area contributed by atoms with Gasteiger partial charge in [-0.05, 0) is 56.0 Å². The Balaban J connectivity index is 1.78. The summed E-state index contributed by atoms with van der Waals surface area (Å²) in [5.41, 5.74) is 6.00. The molecular formula is C22H24N2OS. The lowest BCUT2D eigenvalue weighted by Gasteiger charge is -2.10. The largest absolute Gasteiger partial charge is 0.439 e. The Kier molecular flexibility index (Phi) is 5.94. The van der Waals surface area contributed by atoms with Gasteiger partial charge >= 0.3 is 0 Å². The molecule has 3 rings (SSSR count). The molecule has 0 N–H and O–H groups in total. The van der Waals surface area contributed by atoms with Gasteiger partial charge in [0.2, 0.25) is 5.88 Å². The van der Waals surface area contributed by atoms with Gasteiger partial charge in [-0.2, -0.15) is 4.98 Å². The first kappa shape index (κ1) is 18.5. The summed E-state index contributed by atoms with van der Waals surface area (Å²) in [5.74, 6) is 2.26. The van der Waals surface area contributed by atoms with Crippen molar-refractivity contribution in [3.63, 3.8) is 0 Å². The highest BCUT2D eigenvalue weighted by molar-refractivity contribution is 7.98. The minimum absolute atomic E-state index is 0.604. The Morgan fingerprint density at radius 1 is 0.923 bits per heavy atom. The maximum atomic E-state index is 6.00. The second kappa shape index (κ2) is 8.37. The van der Waals surface area contributed by atoms with Crippen molar-refractivity contribution in [2.24, 2.45) is 0 Å². The molecule has 3 aromatic rings. The quantitative estimate of drug-likeness (QED) is 0.394. The van der Waals surface area contributed by atoms with Gasteiger partial charge in [-0.1, -0.05) is 54.6 Å². The van der Waals surface area contributed by atoms with Crippen LogP contribution in [0.2, 0.25) is 0 Å².